The van der Waals surface area contributed by atoms with Gasteiger partial charge in [-0.05, 0) is 90.7 Å². The molecule has 7 aromatic carbocycles. The highest BCUT2D eigenvalue weighted by atomic mass is 16.3. The quantitative estimate of drug-likeness (QED) is 0.162. The first-order chi connectivity index (χ1) is 26.5. The Balaban J connectivity index is 1.22. The number of fused-ring (bicyclic) bond motifs is 9. The highest BCUT2D eigenvalue weighted by Crippen LogP contribution is 2.37. The standard InChI is InChI=1S/C52H36O2/c1-5-36(41-25-16-18-37-17-10-11-21-42(37)41)31-33(2)39-19-8-6-7-9-20-40(44-23-13-12-22-43(39)44)34(3)32-48-35(4)53-51-47(48)30-28-38-27-29-46-45-24-14-15-26-49(45)54-52(46)50(38)51/h5-32H,1-4H2/b7-6?,8-6?,9-7?,19-8?,20-9?,36-31+,39-19?,40-20?,43-39?,44-40?,48-32+. The third-order valence-corrected chi connectivity index (χ3v) is 10.3. The molecule has 0 N–H and O–H groups in total. The second-order valence-corrected chi connectivity index (χ2v) is 13.5. The Labute approximate surface area is 313 Å². The Hall–Kier alpha value is -7.16. The van der Waals surface area contributed by atoms with Crippen molar-refractivity contribution in [2.45, 2.75) is 0 Å². The van der Waals surface area contributed by atoms with E-state index in [1.54, 1.807) is 0 Å². The van der Waals surface area contributed by atoms with Gasteiger partial charge in [-0.1, -0.05) is 166 Å². The van der Waals surface area contributed by atoms with Gasteiger partial charge in [0.1, 0.15) is 22.2 Å². The van der Waals surface area contributed by atoms with E-state index in [2.05, 4.69) is 160 Å². The van der Waals surface area contributed by atoms with E-state index < -0.39 is 0 Å². The van der Waals surface area contributed by atoms with E-state index in [0.717, 1.165) is 93.1 Å². The van der Waals surface area contributed by atoms with Gasteiger partial charge in [-0.2, -0.15) is 0 Å². The van der Waals surface area contributed by atoms with Crippen molar-refractivity contribution in [1.82, 2.24) is 0 Å². The number of furan rings is 2. The summed E-state index contributed by atoms with van der Waals surface area (Å²) in [7, 11) is 0. The molecule has 0 atom stereocenters. The minimum absolute atomic E-state index is 0.573. The lowest BCUT2D eigenvalue weighted by Crippen LogP contribution is -2.18. The fourth-order valence-corrected chi connectivity index (χ4v) is 7.73. The van der Waals surface area contributed by atoms with Crippen LogP contribution in [-0.4, -0.2) is 0 Å². The van der Waals surface area contributed by atoms with E-state index in [1.165, 1.54) is 10.8 Å². The normalized spacial score (nSPS) is 12.2. The number of hydrogen-bond donors (Lipinski definition) is 0. The van der Waals surface area contributed by atoms with E-state index in [9.17, 15) is 0 Å². The molecule has 0 aliphatic carbocycles. The topological polar surface area (TPSA) is 26.3 Å². The molecular weight excluding hydrogens is 657 g/mol. The van der Waals surface area contributed by atoms with Gasteiger partial charge in [0.25, 0.3) is 0 Å². The van der Waals surface area contributed by atoms with Gasteiger partial charge in [0, 0.05) is 21.4 Å². The molecule has 0 amide bonds. The maximum Gasteiger partial charge on any atom is 0.147 e. The van der Waals surface area contributed by atoms with Gasteiger partial charge in [-0.25, -0.2) is 0 Å². The van der Waals surface area contributed by atoms with Crippen molar-refractivity contribution in [3.63, 3.8) is 0 Å². The van der Waals surface area contributed by atoms with Gasteiger partial charge < -0.3 is 8.83 Å². The monoisotopic (exact) mass is 692 g/mol. The summed E-state index contributed by atoms with van der Waals surface area (Å²) in [5.41, 5.74) is 8.80. The van der Waals surface area contributed by atoms with E-state index >= 15 is 0 Å². The lowest BCUT2D eigenvalue weighted by molar-refractivity contribution is 0.580. The van der Waals surface area contributed by atoms with Crippen LogP contribution >= 0.6 is 0 Å². The summed E-state index contributed by atoms with van der Waals surface area (Å²) < 4.78 is 12.9. The summed E-state index contributed by atoms with van der Waals surface area (Å²) in [5, 5.41) is 10.4. The average molecular weight is 693 g/mol. The van der Waals surface area contributed by atoms with Crippen molar-refractivity contribution in [2.75, 3.05) is 0 Å². The van der Waals surface area contributed by atoms with Crippen molar-refractivity contribution >= 4 is 94.6 Å². The second-order valence-electron chi connectivity index (χ2n) is 13.5. The predicted octanol–water partition coefficient (Wildman–Crippen LogP) is 13.1. The van der Waals surface area contributed by atoms with Gasteiger partial charge in [0.15, 0.2) is 0 Å². The molecule has 0 bridgehead atoms. The van der Waals surface area contributed by atoms with Crippen LogP contribution in [0.3, 0.4) is 0 Å². The van der Waals surface area contributed by atoms with E-state index in [1.807, 2.05) is 36.4 Å². The molecule has 2 aromatic heterocycles. The molecule has 0 fully saturated rings. The lowest BCUT2D eigenvalue weighted by atomic mass is 9.93. The summed E-state index contributed by atoms with van der Waals surface area (Å²) in [5.74, 6) is 0. The zero-order chi connectivity index (χ0) is 36.8. The number of benzene rings is 6. The Morgan fingerprint density at radius 1 is 0.463 bits per heavy atom. The highest BCUT2D eigenvalue weighted by Gasteiger charge is 2.16. The van der Waals surface area contributed by atoms with Gasteiger partial charge >= 0.3 is 0 Å². The van der Waals surface area contributed by atoms with Crippen LogP contribution in [-0.2, 0) is 0 Å². The molecule has 0 saturated carbocycles. The average Bonchev–Trinajstić information content (AvgIpc) is 3.74. The molecule has 0 unspecified atom stereocenters. The minimum atomic E-state index is 0.573. The third-order valence-electron chi connectivity index (χ3n) is 10.3. The highest BCUT2D eigenvalue weighted by molar-refractivity contribution is 6.22. The molecular formula is C52H36O2. The molecule has 54 heavy (non-hydrogen) atoms. The number of rotatable bonds is 6. The molecule has 256 valence electrons. The van der Waals surface area contributed by atoms with Gasteiger partial charge in [0.2, 0.25) is 0 Å². The van der Waals surface area contributed by atoms with E-state index in [-0.39, 0.29) is 0 Å². The van der Waals surface area contributed by atoms with Crippen molar-refractivity contribution < 1.29 is 8.83 Å². The molecule has 0 aliphatic rings. The van der Waals surface area contributed by atoms with Crippen LogP contribution in [0.5, 0.6) is 0 Å². The lowest BCUT2D eigenvalue weighted by Gasteiger charge is -2.11. The smallest absolute Gasteiger partial charge is 0.147 e. The number of hydrogen-bond acceptors (Lipinski definition) is 2. The zero-order valence-electron chi connectivity index (χ0n) is 29.8. The Kier molecular flexibility index (Phi) is 8.14. The Morgan fingerprint density at radius 2 is 1.04 bits per heavy atom. The van der Waals surface area contributed by atoms with Crippen molar-refractivity contribution in [2.24, 2.45) is 0 Å². The van der Waals surface area contributed by atoms with Crippen molar-refractivity contribution in [3.05, 3.63) is 211 Å². The zero-order valence-corrected chi connectivity index (χ0v) is 29.8. The van der Waals surface area contributed by atoms with Gasteiger partial charge in [0.05, 0.1) is 5.39 Å². The molecule has 0 spiro atoms. The molecule has 2 heteroatoms. The second kappa shape index (κ2) is 13.4. The van der Waals surface area contributed by atoms with Crippen LogP contribution < -0.4 is 10.6 Å². The number of para-hydroxylation sites is 1. The van der Waals surface area contributed by atoms with Gasteiger partial charge in [-0.15, -0.1) is 0 Å². The molecule has 2 heterocycles. The SMILES string of the molecule is C=C/C(=C\C(=C)c1ccccccc(C(=C)/C=c2\c(=C)oc3c2ccc2ccc4c5ccccc5oc4c23)c2ccccc12)c1cccc2ccccc12. The molecule has 0 aliphatic heterocycles. The summed E-state index contributed by atoms with van der Waals surface area (Å²) in [6, 6.07) is 52.3. The molecule has 0 saturated heterocycles. The first-order valence-electron chi connectivity index (χ1n) is 18.0. The molecule has 9 rings (SSSR count). The molecule has 2 nitrogen and oxygen atoms in total. The maximum atomic E-state index is 6.49. The van der Waals surface area contributed by atoms with Crippen LogP contribution in [0.2, 0.25) is 0 Å². The summed E-state index contributed by atoms with van der Waals surface area (Å²) >= 11 is 0. The van der Waals surface area contributed by atoms with Crippen LogP contribution in [0.25, 0.3) is 94.6 Å². The third kappa shape index (κ3) is 5.53. The van der Waals surface area contributed by atoms with Crippen LogP contribution in [0.15, 0.2) is 192 Å². The fourth-order valence-electron chi connectivity index (χ4n) is 7.73. The van der Waals surface area contributed by atoms with E-state index in [4.69, 9.17) is 8.83 Å². The van der Waals surface area contributed by atoms with Crippen molar-refractivity contribution in [3.8, 4) is 0 Å². The number of allylic oxidation sites excluding steroid dienone is 5. The van der Waals surface area contributed by atoms with Crippen LogP contribution in [0.1, 0.15) is 16.7 Å². The maximum absolute atomic E-state index is 6.49. The Bertz CT molecular complexity index is 3230. The van der Waals surface area contributed by atoms with Crippen LogP contribution in [0, 0.1) is 0 Å². The summed E-state index contributed by atoms with van der Waals surface area (Å²) in [6.45, 7) is 17.8. The Morgan fingerprint density at radius 3 is 1.78 bits per heavy atom. The fraction of sp³-hybridized carbons (Fsp3) is 0. The van der Waals surface area contributed by atoms with Crippen LogP contribution in [0.4, 0.5) is 0 Å². The first kappa shape index (κ1) is 32.7. The predicted molar refractivity (Wildman–Crippen MR) is 232 cm³/mol. The first-order valence-corrected chi connectivity index (χ1v) is 18.0. The van der Waals surface area contributed by atoms with E-state index in [0.29, 0.717) is 5.42 Å². The molecule has 9 aromatic rings. The summed E-state index contributed by atoms with van der Waals surface area (Å²) in [6.07, 6.45) is 6.13. The van der Waals surface area contributed by atoms with Crippen molar-refractivity contribution in [1.29, 1.82) is 0 Å². The van der Waals surface area contributed by atoms with Gasteiger partial charge in [-0.3, -0.25) is 0 Å². The summed E-state index contributed by atoms with van der Waals surface area (Å²) in [4.78, 5) is 0. The largest absolute Gasteiger partial charge is 0.456 e. The molecule has 0 radical (unpaired) electrons. The minimum Gasteiger partial charge on any atom is -0.456 e.